The van der Waals surface area contributed by atoms with Gasteiger partial charge < -0.3 is 10.8 Å². The fraction of sp³-hybridized carbons (Fsp3) is 0.455. The third-order valence-corrected chi connectivity index (χ3v) is 5.08. The van der Waals surface area contributed by atoms with E-state index in [4.69, 9.17) is 22.4 Å². The van der Waals surface area contributed by atoms with Gasteiger partial charge in [0.2, 0.25) is 10.0 Å². The number of nitrogens with zero attached hydrogens (tertiary/aromatic N) is 1. The molecular weight excluding hydrogens is 276 g/mol. The molecule has 0 heterocycles. The minimum atomic E-state index is -3.72. The van der Waals surface area contributed by atoms with Gasteiger partial charge in [-0.25, -0.2) is 8.42 Å². The Balaban J connectivity index is 3.32. The summed E-state index contributed by atoms with van der Waals surface area (Å²) in [5.74, 6) is 0. The minimum absolute atomic E-state index is 0.0254. The van der Waals surface area contributed by atoms with Gasteiger partial charge in [0, 0.05) is 18.8 Å². The Morgan fingerprint density at radius 3 is 2.56 bits per heavy atom. The van der Waals surface area contributed by atoms with E-state index in [1.165, 1.54) is 12.1 Å². The van der Waals surface area contributed by atoms with E-state index >= 15 is 0 Å². The van der Waals surface area contributed by atoms with Crippen molar-refractivity contribution >= 4 is 27.3 Å². The molecule has 0 aliphatic heterocycles. The van der Waals surface area contributed by atoms with Crippen LogP contribution < -0.4 is 5.73 Å². The third-order valence-electron chi connectivity index (χ3n) is 2.64. The first-order valence-electron chi connectivity index (χ1n) is 5.51. The van der Waals surface area contributed by atoms with Crippen molar-refractivity contribution in [2.45, 2.75) is 18.7 Å². The van der Waals surface area contributed by atoms with Crippen molar-refractivity contribution in [1.82, 2.24) is 4.31 Å². The second-order valence-electron chi connectivity index (χ2n) is 3.86. The van der Waals surface area contributed by atoms with E-state index in [1.807, 2.05) is 0 Å². The number of aliphatic hydroxyl groups excluding tert-OH is 1. The smallest absolute Gasteiger partial charge is 0.244 e. The molecule has 1 rings (SSSR count). The first kappa shape index (κ1) is 15.2. The number of benzene rings is 1. The molecule has 0 unspecified atom stereocenters. The van der Waals surface area contributed by atoms with Gasteiger partial charge in [-0.05, 0) is 24.6 Å². The summed E-state index contributed by atoms with van der Waals surface area (Å²) >= 11 is 5.96. The molecule has 102 valence electrons. The first-order chi connectivity index (χ1) is 8.34. The van der Waals surface area contributed by atoms with Crippen molar-refractivity contribution < 1.29 is 13.5 Å². The topological polar surface area (TPSA) is 83.6 Å². The van der Waals surface area contributed by atoms with Crippen LogP contribution in [0.2, 0.25) is 5.02 Å². The minimum Gasteiger partial charge on any atom is -0.398 e. The van der Waals surface area contributed by atoms with E-state index in [0.717, 1.165) is 9.87 Å². The molecule has 0 aliphatic carbocycles. The molecule has 1 aromatic carbocycles. The fourth-order valence-electron chi connectivity index (χ4n) is 1.57. The van der Waals surface area contributed by atoms with Gasteiger partial charge in [-0.15, -0.1) is 0 Å². The Morgan fingerprint density at radius 2 is 2.06 bits per heavy atom. The molecule has 0 bridgehead atoms. The van der Waals surface area contributed by atoms with Gasteiger partial charge in [0.25, 0.3) is 0 Å². The van der Waals surface area contributed by atoms with Gasteiger partial charge >= 0.3 is 0 Å². The molecule has 18 heavy (non-hydrogen) atoms. The second-order valence-corrected chi connectivity index (χ2v) is 6.17. The van der Waals surface area contributed by atoms with Gasteiger partial charge in [-0.2, -0.15) is 4.31 Å². The number of aryl methyl sites for hydroxylation is 1. The van der Waals surface area contributed by atoms with Crippen molar-refractivity contribution in [3.63, 3.8) is 0 Å². The largest absolute Gasteiger partial charge is 0.398 e. The molecule has 0 fully saturated rings. The Hall–Kier alpha value is -0.820. The van der Waals surface area contributed by atoms with E-state index in [-0.39, 0.29) is 29.6 Å². The summed E-state index contributed by atoms with van der Waals surface area (Å²) in [5.41, 5.74) is 6.81. The number of sulfonamides is 1. The molecular formula is C11H17ClN2O3S. The molecule has 5 nitrogen and oxygen atoms in total. The van der Waals surface area contributed by atoms with Crippen LogP contribution in [0.3, 0.4) is 0 Å². The predicted molar refractivity (Wildman–Crippen MR) is 72.1 cm³/mol. The number of hydrogen-bond donors (Lipinski definition) is 2. The maximum Gasteiger partial charge on any atom is 0.244 e. The van der Waals surface area contributed by atoms with Crippen LogP contribution in [0, 0.1) is 6.92 Å². The molecule has 0 amide bonds. The number of anilines is 1. The summed E-state index contributed by atoms with van der Waals surface area (Å²) in [7, 11) is -3.72. The number of nitrogen functional groups attached to an aromatic ring is 1. The van der Waals surface area contributed by atoms with Crippen LogP contribution in [0.4, 0.5) is 5.69 Å². The second kappa shape index (κ2) is 5.88. The normalized spacial score (nSPS) is 12.1. The maximum atomic E-state index is 12.3. The molecule has 0 saturated heterocycles. The van der Waals surface area contributed by atoms with Gasteiger partial charge in [-0.3, -0.25) is 0 Å². The third kappa shape index (κ3) is 2.95. The van der Waals surface area contributed by atoms with Crippen LogP contribution in [-0.2, 0) is 10.0 Å². The predicted octanol–water partition coefficient (Wildman–Crippen LogP) is 1.23. The van der Waals surface area contributed by atoms with Crippen LogP contribution >= 0.6 is 11.6 Å². The number of halogens is 1. The molecule has 0 atom stereocenters. The highest BCUT2D eigenvalue weighted by molar-refractivity contribution is 7.89. The van der Waals surface area contributed by atoms with Crippen LogP contribution in [0.15, 0.2) is 17.0 Å². The molecule has 3 N–H and O–H groups in total. The Labute approximate surface area is 112 Å². The highest BCUT2D eigenvalue weighted by atomic mass is 35.5. The van der Waals surface area contributed by atoms with E-state index < -0.39 is 10.0 Å². The average molecular weight is 293 g/mol. The summed E-state index contributed by atoms with van der Waals surface area (Å²) in [4.78, 5) is -0.0254. The quantitative estimate of drug-likeness (QED) is 0.800. The number of hydrogen-bond acceptors (Lipinski definition) is 4. The lowest BCUT2D eigenvalue weighted by Crippen LogP contribution is -2.33. The Morgan fingerprint density at radius 1 is 1.44 bits per heavy atom. The van der Waals surface area contributed by atoms with Gasteiger partial charge in [0.15, 0.2) is 0 Å². The number of aliphatic hydroxyl groups is 1. The summed E-state index contributed by atoms with van der Waals surface area (Å²) in [6, 6.07) is 2.88. The summed E-state index contributed by atoms with van der Waals surface area (Å²) in [5, 5.41) is 9.02. The molecule has 0 saturated carbocycles. The van der Waals surface area contributed by atoms with E-state index in [2.05, 4.69) is 0 Å². The van der Waals surface area contributed by atoms with Crippen molar-refractivity contribution in [2.75, 3.05) is 25.4 Å². The maximum absolute atomic E-state index is 12.3. The van der Waals surface area contributed by atoms with E-state index in [9.17, 15) is 8.42 Å². The van der Waals surface area contributed by atoms with Crippen molar-refractivity contribution in [2.24, 2.45) is 0 Å². The summed E-state index contributed by atoms with van der Waals surface area (Å²) < 4.78 is 25.8. The van der Waals surface area contributed by atoms with Gasteiger partial charge in [0.1, 0.15) is 4.90 Å². The van der Waals surface area contributed by atoms with Crippen molar-refractivity contribution in [3.05, 3.63) is 22.7 Å². The lowest BCUT2D eigenvalue weighted by atomic mass is 10.2. The fourth-order valence-corrected chi connectivity index (χ4v) is 3.60. The van der Waals surface area contributed by atoms with Gasteiger partial charge in [0.05, 0.1) is 11.6 Å². The zero-order valence-electron chi connectivity index (χ0n) is 10.4. The SMILES string of the molecule is CCN(CCO)S(=O)(=O)c1cc(N)c(C)cc1Cl. The molecule has 0 spiro atoms. The molecule has 7 heteroatoms. The Kier molecular flexibility index (Phi) is 4.98. The molecule has 0 aliphatic rings. The monoisotopic (exact) mass is 292 g/mol. The van der Waals surface area contributed by atoms with Crippen molar-refractivity contribution in [1.29, 1.82) is 0 Å². The number of likely N-dealkylation sites (N-methyl/N-ethyl adjacent to an activating group) is 1. The van der Waals surface area contributed by atoms with E-state index in [1.54, 1.807) is 13.8 Å². The lowest BCUT2D eigenvalue weighted by Gasteiger charge is -2.20. The molecule has 0 aromatic heterocycles. The zero-order chi connectivity index (χ0) is 13.9. The van der Waals surface area contributed by atoms with Crippen molar-refractivity contribution in [3.8, 4) is 0 Å². The van der Waals surface area contributed by atoms with Crippen LogP contribution in [0.1, 0.15) is 12.5 Å². The lowest BCUT2D eigenvalue weighted by molar-refractivity contribution is 0.257. The summed E-state index contributed by atoms with van der Waals surface area (Å²) in [6.07, 6.45) is 0. The van der Waals surface area contributed by atoms with Crippen LogP contribution in [-0.4, -0.2) is 37.5 Å². The van der Waals surface area contributed by atoms with Crippen LogP contribution in [0.25, 0.3) is 0 Å². The van der Waals surface area contributed by atoms with Crippen LogP contribution in [0.5, 0.6) is 0 Å². The molecule has 1 aromatic rings. The zero-order valence-corrected chi connectivity index (χ0v) is 11.9. The highest BCUT2D eigenvalue weighted by Gasteiger charge is 2.25. The standard InChI is InChI=1S/C11H17ClN2O3S/c1-3-14(4-5-15)18(16,17)11-7-10(13)8(2)6-9(11)12/h6-7,15H,3-5,13H2,1-2H3. The summed E-state index contributed by atoms with van der Waals surface area (Å²) in [6.45, 7) is 3.49. The molecule has 0 radical (unpaired) electrons. The van der Waals surface area contributed by atoms with E-state index in [0.29, 0.717) is 5.69 Å². The van der Waals surface area contributed by atoms with Gasteiger partial charge in [-0.1, -0.05) is 18.5 Å². The highest BCUT2D eigenvalue weighted by Crippen LogP contribution is 2.28. The number of rotatable bonds is 5. The first-order valence-corrected chi connectivity index (χ1v) is 7.33. The Bertz CT molecular complexity index is 531. The number of nitrogens with two attached hydrogens (primary N) is 1. The average Bonchev–Trinajstić information content (AvgIpc) is 2.30.